The Morgan fingerprint density at radius 2 is 2.29 bits per heavy atom. The van der Waals surface area contributed by atoms with Gasteiger partial charge in [0.1, 0.15) is 4.88 Å². The number of rotatable bonds is 2. The van der Waals surface area contributed by atoms with E-state index in [2.05, 4.69) is 22.9 Å². The van der Waals surface area contributed by atoms with Crippen LogP contribution in [0.4, 0.5) is 0 Å². The van der Waals surface area contributed by atoms with E-state index < -0.39 is 0 Å². The molecule has 0 spiro atoms. The zero-order valence-corrected chi connectivity index (χ0v) is 10.5. The van der Waals surface area contributed by atoms with E-state index in [-0.39, 0.29) is 5.97 Å². The molecule has 2 nitrogen and oxygen atoms in total. The molecule has 1 fully saturated rings. The number of hydrogen-bond acceptors (Lipinski definition) is 3. The number of ether oxygens (including phenoxy) is 1. The average molecular weight is 275 g/mol. The fraction of sp³-hybridized carbons (Fsp3) is 0.500. The van der Waals surface area contributed by atoms with Gasteiger partial charge in [0.05, 0.1) is 7.11 Å². The number of carbonyl (C=O) groups is 1. The largest absolute Gasteiger partial charge is 0.465 e. The highest BCUT2D eigenvalue weighted by atomic mass is 79.9. The summed E-state index contributed by atoms with van der Waals surface area (Å²) >= 11 is 4.93. The van der Waals surface area contributed by atoms with Gasteiger partial charge in [-0.05, 0) is 34.8 Å². The summed E-state index contributed by atoms with van der Waals surface area (Å²) in [5, 5.41) is 0. The zero-order valence-electron chi connectivity index (χ0n) is 8.09. The molecule has 0 aromatic carbocycles. The van der Waals surface area contributed by atoms with Crippen molar-refractivity contribution in [2.75, 3.05) is 7.11 Å². The van der Waals surface area contributed by atoms with E-state index in [1.807, 2.05) is 6.07 Å². The summed E-state index contributed by atoms with van der Waals surface area (Å²) < 4.78 is 5.56. The molecule has 0 unspecified atom stereocenters. The third-order valence-corrected chi connectivity index (χ3v) is 4.96. The van der Waals surface area contributed by atoms with E-state index in [0.717, 1.165) is 4.47 Å². The zero-order chi connectivity index (χ0) is 10.3. The normalized spacial score (nSPS) is 17.9. The fourth-order valence-electron chi connectivity index (χ4n) is 1.33. The lowest BCUT2D eigenvalue weighted by molar-refractivity contribution is 0.0605. The van der Waals surface area contributed by atoms with Gasteiger partial charge >= 0.3 is 5.97 Å². The molecule has 0 amide bonds. The molecule has 14 heavy (non-hydrogen) atoms. The summed E-state index contributed by atoms with van der Waals surface area (Å²) in [7, 11) is 1.41. The number of hydrogen-bond donors (Lipinski definition) is 0. The summed E-state index contributed by atoms with van der Waals surface area (Å²) in [6.45, 7) is 2.23. The Kier molecular flexibility index (Phi) is 2.43. The summed E-state index contributed by atoms with van der Waals surface area (Å²) in [6, 6.07) is 2.05. The summed E-state index contributed by atoms with van der Waals surface area (Å²) in [5.74, 6) is -0.252. The Morgan fingerprint density at radius 1 is 1.64 bits per heavy atom. The van der Waals surface area contributed by atoms with Crippen molar-refractivity contribution in [3.8, 4) is 0 Å². The van der Waals surface area contributed by atoms with Gasteiger partial charge in [0.15, 0.2) is 0 Å². The molecule has 0 radical (unpaired) electrons. The van der Waals surface area contributed by atoms with Gasteiger partial charge in [-0.2, -0.15) is 0 Å². The molecule has 2 rings (SSSR count). The van der Waals surface area contributed by atoms with Crippen molar-refractivity contribution in [1.82, 2.24) is 0 Å². The number of methoxy groups -OCH3 is 1. The van der Waals surface area contributed by atoms with Crippen LogP contribution in [0.3, 0.4) is 0 Å². The molecule has 1 aliphatic rings. The molecule has 0 N–H and O–H groups in total. The molecule has 4 heteroatoms. The van der Waals surface area contributed by atoms with Crippen LogP contribution in [0, 0.1) is 0 Å². The van der Waals surface area contributed by atoms with Crippen LogP contribution in [-0.2, 0) is 10.2 Å². The summed E-state index contributed by atoms with van der Waals surface area (Å²) in [4.78, 5) is 13.3. The van der Waals surface area contributed by atoms with Crippen molar-refractivity contribution in [1.29, 1.82) is 0 Å². The van der Waals surface area contributed by atoms with E-state index in [1.54, 1.807) is 11.3 Å². The fourth-order valence-corrected chi connectivity index (χ4v) is 3.29. The van der Waals surface area contributed by atoms with Crippen LogP contribution < -0.4 is 0 Å². The summed E-state index contributed by atoms with van der Waals surface area (Å²) in [5.41, 5.74) is 0.319. The predicted octanol–water partition coefficient (Wildman–Crippen LogP) is 3.35. The molecule has 76 valence electrons. The van der Waals surface area contributed by atoms with Gasteiger partial charge in [0, 0.05) is 14.8 Å². The number of carbonyl (C=O) groups excluding carboxylic acids is 1. The van der Waals surface area contributed by atoms with E-state index in [0.29, 0.717) is 10.3 Å². The topological polar surface area (TPSA) is 26.3 Å². The quantitative estimate of drug-likeness (QED) is 0.774. The highest BCUT2D eigenvalue weighted by Gasteiger charge is 2.41. The van der Waals surface area contributed by atoms with E-state index in [1.165, 1.54) is 24.8 Å². The lowest BCUT2D eigenvalue weighted by Crippen LogP contribution is -1.98. The minimum absolute atomic E-state index is 0.252. The number of halogens is 1. The average Bonchev–Trinajstić information content (AvgIpc) is 2.78. The molecular formula is C10H11BrO2S. The first-order chi connectivity index (χ1) is 6.57. The van der Waals surface area contributed by atoms with Gasteiger partial charge in [-0.25, -0.2) is 4.79 Å². The minimum atomic E-state index is -0.252. The molecule has 1 heterocycles. The molecule has 1 aromatic rings. The first-order valence-corrected chi connectivity index (χ1v) is 6.06. The lowest BCUT2D eigenvalue weighted by atomic mass is 10.1. The molecule has 1 aromatic heterocycles. The van der Waals surface area contributed by atoms with Crippen LogP contribution in [0.15, 0.2) is 10.5 Å². The van der Waals surface area contributed by atoms with Gasteiger partial charge < -0.3 is 4.74 Å². The standard InChI is InChI=1S/C10H11BrO2S/c1-10(3-4-10)7-5-6(11)8(14-7)9(12)13-2/h5H,3-4H2,1-2H3. The van der Waals surface area contributed by atoms with E-state index in [4.69, 9.17) is 4.74 Å². The Morgan fingerprint density at radius 3 is 2.79 bits per heavy atom. The third-order valence-electron chi connectivity index (χ3n) is 2.65. The summed E-state index contributed by atoms with van der Waals surface area (Å²) in [6.07, 6.45) is 2.45. The Balaban J connectivity index is 2.34. The first kappa shape index (κ1) is 10.2. The number of thiophene rings is 1. The SMILES string of the molecule is COC(=O)c1sc(C2(C)CC2)cc1Br. The maximum atomic E-state index is 11.4. The highest BCUT2D eigenvalue weighted by molar-refractivity contribution is 9.10. The van der Waals surface area contributed by atoms with Gasteiger partial charge in [-0.3, -0.25) is 0 Å². The lowest BCUT2D eigenvalue weighted by Gasteiger charge is -2.01. The van der Waals surface area contributed by atoms with Crippen LogP contribution in [0.2, 0.25) is 0 Å². The molecule has 0 saturated heterocycles. The van der Waals surface area contributed by atoms with Crippen molar-refractivity contribution >= 4 is 33.2 Å². The predicted molar refractivity (Wildman–Crippen MR) is 59.9 cm³/mol. The second kappa shape index (κ2) is 3.35. The molecule has 1 saturated carbocycles. The van der Waals surface area contributed by atoms with Crippen molar-refractivity contribution in [2.45, 2.75) is 25.2 Å². The Labute approximate surface area is 95.4 Å². The second-order valence-corrected chi connectivity index (χ2v) is 5.75. The van der Waals surface area contributed by atoms with Gasteiger partial charge in [0.25, 0.3) is 0 Å². The molecule has 0 atom stereocenters. The van der Waals surface area contributed by atoms with Crippen LogP contribution in [0.25, 0.3) is 0 Å². The van der Waals surface area contributed by atoms with Crippen molar-refractivity contribution in [2.24, 2.45) is 0 Å². The van der Waals surface area contributed by atoms with Gasteiger partial charge in [-0.15, -0.1) is 11.3 Å². The van der Waals surface area contributed by atoms with E-state index in [9.17, 15) is 4.79 Å². The molecular weight excluding hydrogens is 264 g/mol. The Bertz CT molecular complexity index is 379. The van der Waals surface area contributed by atoms with Gasteiger partial charge in [0.2, 0.25) is 0 Å². The van der Waals surface area contributed by atoms with Crippen LogP contribution >= 0.6 is 27.3 Å². The van der Waals surface area contributed by atoms with Crippen molar-refractivity contribution < 1.29 is 9.53 Å². The molecule has 0 aliphatic heterocycles. The Hall–Kier alpha value is -0.350. The van der Waals surface area contributed by atoms with Gasteiger partial charge in [-0.1, -0.05) is 6.92 Å². The number of esters is 1. The monoisotopic (exact) mass is 274 g/mol. The van der Waals surface area contributed by atoms with Crippen LogP contribution in [0.5, 0.6) is 0 Å². The van der Waals surface area contributed by atoms with Crippen LogP contribution in [-0.4, -0.2) is 13.1 Å². The second-order valence-electron chi connectivity index (χ2n) is 3.84. The van der Waals surface area contributed by atoms with Crippen molar-refractivity contribution in [3.63, 3.8) is 0 Å². The van der Waals surface area contributed by atoms with Crippen molar-refractivity contribution in [3.05, 3.63) is 20.3 Å². The highest BCUT2D eigenvalue weighted by Crippen LogP contribution is 2.51. The van der Waals surface area contributed by atoms with E-state index >= 15 is 0 Å². The minimum Gasteiger partial charge on any atom is -0.465 e. The third kappa shape index (κ3) is 1.61. The molecule has 0 bridgehead atoms. The van der Waals surface area contributed by atoms with Crippen LogP contribution in [0.1, 0.15) is 34.3 Å². The maximum Gasteiger partial charge on any atom is 0.349 e. The smallest absolute Gasteiger partial charge is 0.349 e. The maximum absolute atomic E-state index is 11.4. The first-order valence-electron chi connectivity index (χ1n) is 4.45. The molecule has 1 aliphatic carbocycles.